The normalized spacial score (nSPS) is 12.3. The van der Waals surface area contributed by atoms with E-state index in [-0.39, 0.29) is 0 Å². The van der Waals surface area contributed by atoms with Crippen LogP contribution in [0.15, 0.2) is 36.4 Å². The molecule has 19 heavy (non-hydrogen) atoms. The fourth-order valence-electron chi connectivity index (χ4n) is 1.95. The van der Waals surface area contributed by atoms with E-state index in [1.165, 1.54) is 0 Å². The molecule has 0 aliphatic carbocycles. The number of aliphatic hydroxyl groups excluding tert-OH is 1. The molecule has 0 fully saturated rings. The highest BCUT2D eigenvalue weighted by atomic mass is 35.5. The molecule has 2 rings (SSSR count). The first-order valence-electron chi connectivity index (χ1n) is 5.81. The van der Waals surface area contributed by atoms with Gasteiger partial charge < -0.3 is 9.84 Å². The third-order valence-electron chi connectivity index (χ3n) is 3.10. The molecule has 4 heteroatoms. The minimum atomic E-state index is -0.759. The molecule has 1 atom stereocenters. The average molecular weight is 297 g/mol. The van der Waals surface area contributed by atoms with Crippen molar-refractivity contribution >= 4 is 23.2 Å². The van der Waals surface area contributed by atoms with Gasteiger partial charge in [0, 0.05) is 5.02 Å². The molecule has 100 valence electrons. The van der Waals surface area contributed by atoms with Crippen molar-refractivity contribution in [1.29, 1.82) is 0 Å². The second-order valence-corrected chi connectivity index (χ2v) is 5.06. The molecule has 0 radical (unpaired) electrons. The molecule has 1 N–H and O–H groups in total. The van der Waals surface area contributed by atoms with Crippen LogP contribution in [0.3, 0.4) is 0 Å². The van der Waals surface area contributed by atoms with Gasteiger partial charge in [-0.15, -0.1) is 0 Å². The fourth-order valence-corrected chi connectivity index (χ4v) is 2.32. The Bertz CT molecular complexity index is 597. The molecule has 0 heterocycles. The standard InChI is InChI=1S/C15H14Cl2O2/c1-9-11(4-3-5-12(9)16)15(18)10-6-7-13(17)14(8-10)19-2/h3-8,15,18H,1-2H3. The van der Waals surface area contributed by atoms with Crippen molar-refractivity contribution in [3.05, 3.63) is 63.1 Å². The van der Waals surface area contributed by atoms with E-state index in [0.717, 1.165) is 11.1 Å². The van der Waals surface area contributed by atoms with Crippen molar-refractivity contribution < 1.29 is 9.84 Å². The molecule has 2 aromatic carbocycles. The third-order valence-corrected chi connectivity index (χ3v) is 3.82. The lowest BCUT2D eigenvalue weighted by Crippen LogP contribution is -2.02. The number of rotatable bonds is 3. The average Bonchev–Trinajstić information content (AvgIpc) is 2.41. The SMILES string of the molecule is COc1cc(C(O)c2cccc(Cl)c2C)ccc1Cl. The van der Waals surface area contributed by atoms with Gasteiger partial charge in [0.2, 0.25) is 0 Å². The highest BCUT2D eigenvalue weighted by Gasteiger charge is 2.15. The molecule has 0 bridgehead atoms. The van der Waals surface area contributed by atoms with Crippen molar-refractivity contribution in [1.82, 2.24) is 0 Å². The molecule has 2 aromatic rings. The zero-order valence-corrected chi connectivity index (χ0v) is 12.2. The van der Waals surface area contributed by atoms with Crippen LogP contribution in [-0.2, 0) is 0 Å². The first kappa shape index (κ1) is 14.2. The molecule has 0 saturated heterocycles. The summed E-state index contributed by atoms with van der Waals surface area (Å²) in [7, 11) is 1.54. The van der Waals surface area contributed by atoms with Gasteiger partial charge in [0.15, 0.2) is 0 Å². The summed E-state index contributed by atoms with van der Waals surface area (Å²) in [5.41, 5.74) is 2.36. The van der Waals surface area contributed by atoms with Gasteiger partial charge in [0.1, 0.15) is 11.9 Å². The maximum Gasteiger partial charge on any atom is 0.137 e. The Morgan fingerprint density at radius 2 is 1.84 bits per heavy atom. The van der Waals surface area contributed by atoms with E-state index < -0.39 is 6.10 Å². The lowest BCUT2D eigenvalue weighted by atomic mass is 9.97. The number of hydrogen-bond donors (Lipinski definition) is 1. The summed E-state index contributed by atoms with van der Waals surface area (Å²) >= 11 is 12.0. The van der Waals surface area contributed by atoms with E-state index in [4.69, 9.17) is 27.9 Å². The summed E-state index contributed by atoms with van der Waals surface area (Å²) in [4.78, 5) is 0. The largest absolute Gasteiger partial charge is 0.495 e. The van der Waals surface area contributed by atoms with Crippen LogP contribution in [0.5, 0.6) is 5.75 Å². The minimum Gasteiger partial charge on any atom is -0.495 e. The summed E-state index contributed by atoms with van der Waals surface area (Å²) in [5, 5.41) is 11.6. The highest BCUT2D eigenvalue weighted by molar-refractivity contribution is 6.32. The summed E-state index contributed by atoms with van der Waals surface area (Å²) in [6.45, 7) is 1.88. The Labute approximate surface area is 122 Å². The van der Waals surface area contributed by atoms with Crippen LogP contribution in [-0.4, -0.2) is 12.2 Å². The smallest absolute Gasteiger partial charge is 0.137 e. The second-order valence-electron chi connectivity index (χ2n) is 4.25. The van der Waals surface area contributed by atoms with Crippen molar-refractivity contribution in [3.63, 3.8) is 0 Å². The van der Waals surface area contributed by atoms with Crippen LogP contribution in [0.1, 0.15) is 22.8 Å². The number of ether oxygens (including phenoxy) is 1. The Morgan fingerprint density at radius 1 is 1.11 bits per heavy atom. The van der Waals surface area contributed by atoms with E-state index >= 15 is 0 Å². The lowest BCUT2D eigenvalue weighted by molar-refractivity contribution is 0.219. The Balaban J connectivity index is 2.44. The molecule has 0 saturated carbocycles. The van der Waals surface area contributed by atoms with Gasteiger partial charge in [-0.3, -0.25) is 0 Å². The summed E-state index contributed by atoms with van der Waals surface area (Å²) < 4.78 is 5.16. The Kier molecular flexibility index (Phi) is 4.35. The zero-order valence-electron chi connectivity index (χ0n) is 10.7. The molecule has 0 aliphatic rings. The first-order valence-corrected chi connectivity index (χ1v) is 6.56. The molecular formula is C15H14Cl2O2. The van der Waals surface area contributed by atoms with Crippen LogP contribution in [0.4, 0.5) is 0 Å². The number of aliphatic hydroxyl groups is 1. The summed E-state index contributed by atoms with van der Waals surface area (Å²) in [6, 6.07) is 10.7. The lowest BCUT2D eigenvalue weighted by Gasteiger charge is -2.16. The van der Waals surface area contributed by atoms with Crippen molar-refractivity contribution in [3.8, 4) is 5.75 Å². The Hall–Kier alpha value is -1.22. The third kappa shape index (κ3) is 2.86. The van der Waals surface area contributed by atoms with E-state index in [0.29, 0.717) is 21.4 Å². The van der Waals surface area contributed by atoms with Gasteiger partial charge in [0.25, 0.3) is 0 Å². The topological polar surface area (TPSA) is 29.5 Å². The van der Waals surface area contributed by atoms with Crippen LogP contribution in [0, 0.1) is 6.92 Å². The maximum absolute atomic E-state index is 10.5. The van der Waals surface area contributed by atoms with Crippen LogP contribution < -0.4 is 4.74 Å². The first-order chi connectivity index (χ1) is 9.04. The summed E-state index contributed by atoms with van der Waals surface area (Å²) in [6.07, 6.45) is -0.759. The molecule has 0 aromatic heterocycles. The number of benzene rings is 2. The van der Waals surface area contributed by atoms with Crippen molar-refractivity contribution in [2.45, 2.75) is 13.0 Å². The van der Waals surface area contributed by atoms with E-state index in [9.17, 15) is 5.11 Å². The van der Waals surface area contributed by atoms with Gasteiger partial charge >= 0.3 is 0 Å². The quantitative estimate of drug-likeness (QED) is 0.910. The number of methoxy groups -OCH3 is 1. The van der Waals surface area contributed by atoms with Gasteiger partial charge in [-0.25, -0.2) is 0 Å². The van der Waals surface area contributed by atoms with Crippen molar-refractivity contribution in [2.75, 3.05) is 7.11 Å². The number of hydrogen-bond acceptors (Lipinski definition) is 2. The van der Waals surface area contributed by atoms with E-state index in [2.05, 4.69) is 0 Å². The maximum atomic E-state index is 10.5. The van der Waals surface area contributed by atoms with Crippen LogP contribution in [0.2, 0.25) is 10.0 Å². The monoisotopic (exact) mass is 296 g/mol. The fraction of sp³-hybridized carbons (Fsp3) is 0.200. The molecular weight excluding hydrogens is 283 g/mol. The number of halogens is 2. The van der Waals surface area contributed by atoms with Crippen LogP contribution in [0.25, 0.3) is 0 Å². The second kappa shape index (κ2) is 5.83. The molecule has 0 spiro atoms. The molecule has 2 nitrogen and oxygen atoms in total. The molecule has 0 amide bonds. The predicted molar refractivity (Wildman–Crippen MR) is 78.3 cm³/mol. The van der Waals surface area contributed by atoms with Crippen LogP contribution >= 0.6 is 23.2 Å². The van der Waals surface area contributed by atoms with E-state index in [1.54, 1.807) is 31.4 Å². The van der Waals surface area contributed by atoms with Gasteiger partial charge in [-0.1, -0.05) is 41.4 Å². The summed E-state index contributed by atoms with van der Waals surface area (Å²) in [5.74, 6) is 0.540. The van der Waals surface area contributed by atoms with E-state index in [1.807, 2.05) is 19.1 Å². The molecule has 0 aliphatic heterocycles. The molecule has 1 unspecified atom stereocenters. The Morgan fingerprint density at radius 3 is 2.53 bits per heavy atom. The van der Waals surface area contributed by atoms with Gasteiger partial charge in [-0.2, -0.15) is 0 Å². The zero-order chi connectivity index (χ0) is 14.0. The van der Waals surface area contributed by atoms with Gasteiger partial charge in [0.05, 0.1) is 12.1 Å². The van der Waals surface area contributed by atoms with Crippen molar-refractivity contribution in [2.24, 2.45) is 0 Å². The van der Waals surface area contributed by atoms with Gasteiger partial charge in [-0.05, 0) is 41.8 Å². The minimum absolute atomic E-state index is 0.515. The predicted octanol–water partition coefficient (Wildman–Crippen LogP) is 4.39. The highest BCUT2D eigenvalue weighted by Crippen LogP contribution is 2.33.